The second kappa shape index (κ2) is 12.2. The zero-order chi connectivity index (χ0) is 17.6. The summed E-state index contributed by atoms with van der Waals surface area (Å²) in [4.78, 5) is 20.5. The van der Waals surface area contributed by atoms with E-state index in [0.29, 0.717) is 12.8 Å². The number of rotatable bonds is 10. The molecule has 2 aromatic heterocycles. The normalized spacial score (nSPS) is 10.0. The van der Waals surface area contributed by atoms with Crippen molar-refractivity contribution in [3.05, 3.63) is 23.8 Å². The Kier molecular flexibility index (Phi) is 10.0. The van der Waals surface area contributed by atoms with Crippen molar-refractivity contribution in [3.63, 3.8) is 0 Å². The van der Waals surface area contributed by atoms with Gasteiger partial charge in [0.1, 0.15) is 0 Å². The fourth-order valence-electron chi connectivity index (χ4n) is 1.84. The molecule has 0 atom stereocenters. The molecule has 0 aliphatic carbocycles. The fraction of sp³-hybridized carbons (Fsp3) is 0.571. The lowest BCUT2D eigenvalue weighted by Gasteiger charge is -1.93. The van der Waals surface area contributed by atoms with Gasteiger partial charge in [-0.05, 0) is 50.1 Å². The number of nitrogens with one attached hydrogen (secondary N) is 2. The molecule has 2 aromatic rings. The van der Waals surface area contributed by atoms with Gasteiger partial charge in [-0.15, -0.1) is 0 Å². The van der Waals surface area contributed by atoms with Crippen molar-refractivity contribution in [1.29, 1.82) is 0 Å². The molecule has 0 saturated carbocycles. The number of halogens is 1. The molecule has 132 valence electrons. The van der Waals surface area contributed by atoms with Crippen molar-refractivity contribution in [2.24, 2.45) is 0 Å². The molecular formula is C14H21ClN6O3. The predicted octanol–water partition coefficient (Wildman–Crippen LogP) is 1.88. The summed E-state index contributed by atoms with van der Waals surface area (Å²) in [5.74, 6) is -0.741. The van der Waals surface area contributed by atoms with Crippen LogP contribution in [0.1, 0.15) is 49.9 Å². The average Bonchev–Trinajstić information content (AvgIpc) is 3.22. The standard InChI is InChI=1S/C7H10ClN3O.C7H11N3O2/c8-7(12)4-2-1-3-6-5-9-11-10-6;11-7(12)4-2-1-3-6-5-8-10-9-6/h5H,1-4H2,(H,9,10,11);5H,1-4H2,(H,11,12)(H,8,9,10). The molecule has 0 unspecified atom stereocenters. The number of hydrogen-bond acceptors (Lipinski definition) is 6. The minimum absolute atomic E-state index is 0.234. The molecule has 0 radical (unpaired) electrons. The van der Waals surface area contributed by atoms with Crippen LogP contribution in [0, 0.1) is 0 Å². The van der Waals surface area contributed by atoms with E-state index in [0.717, 1.165) is 43.5 Å². The third-order valence-corrected chi connectivity index (χ3v) is 3.25. The summed E-state index contributed by atoms with van der Waals surface area (Å²) in [6.45, 7) is 0. The molecule has 24 heavy (non-hydrogen) atoms. The predicted molar refractivity (Wildman–Crippen MR) is 86.4 cm³/mol. The number of H-pyrrole nitrogens is 2. The molecule has 3 N–H and O–H groups in total. The zero-order valence-corrected chi connectivity index (χ0v) is 14.0. The van der Waals surface area contributed by atoms with Crippen LogP contribution in [-0.2, 0) is 22.4 Å². The first-order chi connectivity index (χ1) is 11.6. The molecule has 9 nitrogen and oxygen atoms in total. The van der Waals surface area contributed by atoms with Crippen LogP contribution in [0.25, 0.3) is 0 Å². The smallest absolute Gasteiger partial charge is 0.303 e. The van der Waals surface area contributed by atoms with E-state index < -0.39 is 5.97 Å². The molecule has 0 aliphatic heterocycles. The summed E-state index contributed by atoms with van der Waals surface area (Å²) in [6.07, 6.45) is 8.94. The molecule has 0 bridgehead atoms. The number of carboxylic acids is 1. The second-order valence-corrected chi connectivity index (χ2v) is 5.51. The maximum absolute atomic E-state index is 10.3. The monoisotopic (exact) mass is 356 g/mol. The summed E-state index contributed by atoms with van der Waals surface area (Å²) in [5.41, 5.74) is 1.82. The number of aliphatic carboxylic acids is 1. The highest BCUT2D eigenvalue weighted by molar-refractivity contribution is 6.63. The topological polar surface area (TPSA) is 138 Å². The van der Waals surface area contributed by atoms with Crippen LogP contribution in [0.4, 0.5) is 0 Å². The highest BCUT2D eigenvalue weighted by atomic mass is 35.5. The van der Waals surface area contributed by atoms with Crippen LogP contribution in [0.5, 0.6) is 0 Å². The summed E-state index contributed by atoms with van der Waals surface area (Å²) >= 11 is 5.17. The van der Waals surface area contributed by atoms with Crippen molar-refractivity contribution in [2.75, 3.05) is 0 Å². The first-order valence-electron chi connectivity index (χ1n) is 7.67. The van der Waals surface area contributed by atoms with Crippen molar-refractivity contribution in [1.82, 2.24) is 30.8 Å². The molecule has 0 aliphatic rings. The number of hydrogen-bond donors (Lipinski definition) is 3. The Hall–Kier alpha value is -2.29. The van der Waals surface area contributed by atoms with Gasteiger partial charge in [-0.25, -0.2) is 0 Å². The van der Waals surface area contributed by atoms with E-state index in [9.17, 15) is 9.59 Å². The largest absolute Gasteiger partial charge is 0.481 e. The summed E-state index contributed by atoms with van der Waals surface area (Å²) in [7, 11) is 0. The number of carboxylic acid groups (broad SMARTS) is 1. The van der Waals surface area contributed by atoms with E-state index >= 15 is 0 Å². The van der Waals surface area contributed by atoms with Crippen LogP contribution in [-0.4, -0.2) is 47.1 Å². The lowest BCUT2D eigenvalue weighted by atomic mass is 10.1. The van der Waals surface area contributed by atoms with E-state index in [2.05, 4.69) is 30.8 Å². The Labute approximate surface area is 144 Å². The lowest BCUT2D eigenvalue weighted by molar-refractivity contribution is -0.137. The van der Waals surface area contributed by atoms with Crippen molar-refractivity contribution in [3.8, 4) is 0 Å². The van der Waals surface area contributed by atoms with Crippen LogP contribution >= 0.6 is 11.6 Å². The van der Waals surface area contributed by atoms with Gasteiger partial charge in [0.05, 0.1) is 23.8 Å². The maximum Gasteiger partial charge on any atom is 0.303 e. The molecule has 0 spiro atoms. The first kappa shape index (κ1) is 19.8. The zero-order valence-electron chi connectivity index (χ0n) is 13.2. The van der Waals surface area contributed by atoms with Crippen LogP contribution in [0.2, 0.25) is 0 Å². The fourth-order valence-corrected chi connectivity index (χ4v) is 1.98. The van der Waals surface area contributed by atoms with Gasteiger partial charge in [-0.1, -0.05) is 0 Å². The van der Waals surface area contributed by atoms with Crippen molar-refractivity contribution in [2.45, 2.75) is 51.4 Å². The molecule has 0 fully saturated rings. The van der Waals surface area contributed by atoms with E-state index in [4.69, 9.17) is 16.7 Å². The first-order valence-corrected chi connectivity index (χ1v) is 8.05. The number of nitrogens with zero attached hydrogens (tertiary/aromatic N) is 4. The Bertz CT molecular complexity index is 521. The molecule has 0 saturated heterocycles. The number of carbonyl (C=O) groups is 2. The number of unbranched alkanes of at least 4 members (excludes halogenated alkanes) is 2. The number of aromatic amines is 2. The number of carbonyl (C=O) groups excluding carboxylic acids is 1. The van der Waals surface area contributed by atoms with Crippen molar-refractivity contribution >= 4 is 22.8 Å². The van der Waals surface area contributed by atoms with Gasteiger partial charge in [0.2, 0.25) is 5.24 Å². The molecule has 0 aromatic carbocycles. The number of aromatic nitrogens is 6. The molecule has 2 heterocycles. The molecule has 10 heteroatoms. The van der Waals surface area contributed by atoms with Gasteiger partial charge in [-0.2, -0.15) is 30.8 Å². The average molecular weight is 357 g/mol. The van der Waals surface area contributed by atoms with Crippen LogP contribution in [0.15, 0.2) is 12.4 Å². The van der Waals surface area contributed by atoms with Gasteiger partial charge in [0.25, 0.3) is 0 Å². The van der Waals surface area contributed by atoms with Gasteiger partial charge in [-0.3, -0.25) is 9.59 Å². The SMILES string of the molecule is O=C(Cl)CCCCc1cn[nH]n1.O=C(O)CCCCc1cn[nH]n1. The second-order valence-electron chi connectivity index (χ2n) is 5.09. The van der Waals surface area contributed by atoms with Gasteiger partial charge in [0, 0.05) is 12.8 Å². The Balaban J connectivity index is 0.000000240. The Morgan fingerprint density at radius 1 is 0.917 bits per heavy atom. The van der Waals surface area contributed by atoms with Gasteiger partial charge in [0.15, 0.2) is 0 Å². The third-order valence-electron chi connectivity index (χ3n) is 3.06. The van der Waals surface area contributed by atoms with E-state index in [1.54, 1.807) is 12.4 Å². The third kappa shape index (κ3) is 10.4. The molecular weight excluding hydrogens is 336 g/mol. The summed E-state index contributed by atoms with van der Waals surface area (Å²) in [6, 6.07) is 0. The van der Waals surface area contributed by atoms with E-state index in [1.165, 1.54) is 0 Å². The Morgan fingerprint density at radius 2 is 1.42 bits per heavy atom. The molecule has 2 rings (SSSR count). The minimum Gasteiger partial charge on any atom is -0.481 e. The quantitative estimate of drug-likeness (QED) is 0.436. The highest BCUT2D eigenvalue weighted by Gasteiger charge is 1.99. The van der Waals surface area contributed by atoms with Crippen LogP contribution in [0.3, 0.4) is 0 Å². The van der Waals surface area contributed by atoms with Gasteiger partial charge >= 0.3 is 5.97 Å². The maximum atomic E-state index is 10.3. The summed E-state index contributed by atoms with van der Waals surface area (Å²) in [5, 5.41) is 28.1. The Morgan fingerprint density at radius 3 is 1.79 bits per heavy atom. The van der Waals surface area contributed by atoms with E-state index in [-0.39, 0.29) is 11.7 Å². The highest BCUT2D eigenvalue weighted by Crippen LogP contribution is 2.03. The number of aryl methyl sites for hydroxylation is 2. The summed E-state index contributed by atoms with van der Waals surface area (Å²) < 4.78 is 0. The van der Waals surface area contributed by atoms with Crippen molar-refractivity contribution < 1.29 is 14.7 Å². The molecule has 0 amide bonds. The van der Waals surface area contributed by atoms with E-state index in [1.807, 2.05) is 0 Å². The van der Waals surface area contributed by atoms with Crippen LogP contribution < -0.4 is 0 Å². The minimum atomic E-state index is -0.741. The lowest BCUT2D eigenvalue weighted by Crippen LogP contribution is -1.94. The van der Waals surface area contributed by atoms with Gasteiger partial charge < -0.3 is 5.11 Å².